The van der Waals surface area contributed by atoms with Crippen LogP contribution >= 0.6 is 0 Å². The molecule has 314 valence electrons. The third kappa shape index (κ3) is 34.6. The number of aliphatic hydroxyl groups excluding tert-OH is 1. The Bertz CT molecular complexity index is 941. The summed E-state index contributed by atoms with van der Waals surface area (Å²) in [6.45, 7) is 6.64. The maximum atomic E-state index is 12.0. The van der Waals surface area contributed by atoms with Crippen LogP contribution in [0.15, 0.2) is 36.5 Å². The maximum absolute atomic E-state index is 12.0. The number of epoxide rings is 1. The summed E-state index contributed by atoms with van der Waals surface area (Å²) >= 11 is 0. The van der Waals surface area contributed by atoms with Gasteiger partial charge in [-0.15, -0.1) is 0 Å². The Kier molecular flexibility index (Phi) is 35.2. The van der Waals surface area contributed by atoms with Gasteiger partial charge in [-0.2, -0.15) is 0 Å². The van der Waals surface area contributed by atoms with Crippen LogP contribution < -0.4 is 0 Å². The van der Waals surface area contributed by atoms with Gasteiger partial charge >= 0.3 is 11.9 Å². The fourth-order valence-electron chi connectivity index (χ4n) is 6.80. The number of hydrogen-bond acceptors (Lipinski definition) is 6. The van der Waals surface area contributed by atoms with Crippen molar-refractivity contribution < 1.29 is 28.9 Å². The molecule has 54 heavy (non-hydrogen) atoms. The van der Waals surface area contributed by atoms with Gasteiger partial charge in [0.2, 0.25) is 0 Å². The molecule has 0 amide bonds. The van der Waals surface area contributed by atoms with Gasteiger partial charge in [-0.1, -0.05) is 192 Å². The lowest BCUT2D eigenvalue weighted by molar-refractivity contribution is -0.152. The van der Waals surface area contributed by atoms with Crippen LogP contribution in [0.4, 0.5) is 0 Å². The first-order valence-corrected chi connectivity index (χ1v) is 23.1. The van der Waals surface area contributed by atoms with Crippen LogP contribution in [-0.4, -0.2) is 48.6 Å². The fourth-order valence-corrected chi connectivity index (χ4v) is 6.80. The van der Waals surface area contributed by atoms with Crippen molar-refractivity contribution >= 4 is 11.9 Å². The Labute approximate surface area is 333 Å². The van der Waals surface area contributed by atoms with E-state index in [-0.39, 0.29) is 25.2 Å². The summed E-state index contributed by atoms with van der Waals surface area (Å²) in [6.07, 6.45) is 49.6. The minimum absolute atomic E-state index is 0.134. The van der Waals surface area contributed by atoms with Crippen molar-refractivity contribution in [1.82, 2.24) is 0 Å². The topological polar surface area (TPSA) is 85.4 Å². The van der Waals surface area contributed by atoms with Crippen LogP contribution in [0.3, 0.4) is 0 Å². The fraction of sp³-hybridized carbons (Fsp3) is 0.833. The van der Waals surface area contributed by atoms with Gasteiger partial charge in [-0.3, -0.25) is 9.59 Å². The zero-order valence-corrected chi connectivity index (χ0v) is 35.6. The van der Waals surface area contributed by atoms with Crippen LogP contribution in [0.2, 0.25) is 0 Å². The van der Waals surface area contributed by atoms with Crippen LogP contribution in [0.5, 0.6) is 0 Å². The first-order valence-electron chi connectivity index (χ1n) is 23.1. The minimum atomic E-state index is -0.989. The molecule has 6 nitrogen and oxygen atoms in total. The zero-order chi connectivity index (χ0) is 39.2. The number of allylic oxidation sites excluding steroid dienone is 4. The quantitative estimate of drug-likeness (QED) is 0.0290. The number of unbranched alkanes of at least 4 members (excludes halogenated alkanes) is 21. The summed E-state index contributed by atoms with van der Waals surface area (Å²) < 4.78 is 16.1. The van der Waals surface area contributed by atoms with E-state index in [2.05, 4.69) is 57.2 Å². The van der Waals surface area contributed by atoms with Crippen LogP contribution in [0, 0.1) is 5.92 Å². The highest BCUT2D eigenvalue weighted by Gasteiger charge is 2.35. The maximum Gasteiger partial charge on any atom is 0.305 e. The number of carbonyl (C=O) groups is 2. The molecule has 6 heteroatoms. The molecule has 0 bridgehead atoms. The van der Waals surface area contributed by atoms with Crippen molar-refractivity contribution in [3.8, 4) is 0 Å². The first-order chi connectivity index (χ1) is 26.5. The number of esters is 2. The Morgan fingerprint density at radius 2 is 0.981 bits per heavy atom. The van der Waals surface area contributed by atoms with Crippen molar-refractivity contribution in [2.75, 3.05) is 13.2 Å². The van der Waals surface area contributed by atoms with Crippen molar-refractivity contribution in [1.29, 1.82) is 0 Å². The molecule has 0 aromatic carbocycles. The molecule has 1 heterocycles. The predicted molar refractivity (Wildman–Crippen MR) is 228 cm³/mol. The highest BCUT2D eigenvalue weighted by molar-refractivity contribution is 5.69. The molecule has 0 radical (unpaired) electrons. The van der Waals surface area contributed by atoms with Gasteiger partial charge in [0.05, 0.1) is 12.2 Å². The number of hydrogen-bond donors (Lipinski definition) is 1. The van der Waals surface area contributed by atoms with Gasteiger partial charge in [0.25, 0.3) is 0 Å². The second kappa shape index (κ2) is 38.0. The van der Waals surface area contributed by atoms with Gasteiger partial charge in [-0.05, 0) is 57.3 Å². The number of aliphatic hydroxyl groups is 1. The summed E-state index contributed by atoms with van der Waals surface area (Å²) in [5, 5.41) is 10.1. The van der Waals surface area contributed by atoms with Crippen molar-refractivity contribution in [2.45, 2.75) is 238 Å². The molecule has 1 aliphatic rings. The molecule has 1 fully saturated rings. The lowest BCUT2D eigenvalue weighted by Gasteiger charge is -2.12. The van der Waals surface area contributed by atoms with Crippen LogP contribution in [0.1, 0.15) is 220 Å². The summed E-state index contributed by atoms with van der Waals surface area (Å²) in [7, 11) is 0. The number of ether oxygens (including phenoxy) is 3. The Morgan fingerprint density at radius 1 is 0.556 bits per heavy atom. The average molecular weight is 759 g/mol. The van der Waals surface area contributed by atoms with Crippen LogP contribution in [0.25, 0.3) is 0 Å². The lowest BCUT2D eigenvalue weighted by Crippen LogP contribution is -2.25. The van der Waals surface area contributed by atoms with Crippen molar-refractivity contribution in [3.05, 3.63) is 36.5 Å². The smallest absolute Gasteiger partial charge is 0.305 e. The van der Waals surface area contributed by atoms with Gasteiger partial charge in [0.1, 0.15) is 19.3 Å². The number of carbonyl (C=O) groups excluding carboxylic acids is 2. The molecule has 1 aliphatic heterocycles. The molecule has 0 aromatic heterocycles. The largest absolute Gasteiger partial charge is 0.463 e. The van der Waals surface area contributed by atoms with Gasteiger partial charge in [0.15, 0.2) is 0 Å². The summed E-state index contributed by atoms with van der Waals surface area (Å²) in [6, 6.07) is 0. The summed E-state index contributed by atoms with van der Waals surface area (Å²) in [5.41, 5.74) is 0. The predicted octanol–water partition coefficient (Wildman–Crippen LogP) is 13.6. The van der Waals surface area contributed by atoms with Crippen LogP contribution in [-0.2, 0) is 23.8 Å². The first kappa shape index (κ1) is 50.1. The summed E-state index contributed by atoms with van der Waals surface area (Å²) in [4.78, 5) is 24.0. The van der Waals surface area contributed by atoms with E-state index in [1.807, 2.05) is 0 Å². The molecule has 0 aromatic rings. The molecule has 1 N–H and O–H groups in total. The van der Waals surface area contributed by atoms with Crippen molar-refractivity contribution in [3.63, 3.8) is 0 Å². The van der Waals surface area contributed by atoms with E-state index in [9.17, 15) is 14.7 Å². The van der Waals surface area contributed by atoms with Gasteiger partial charge < -0.3 is 19.3 Å². The van der Waals surface area contributed by atoms with Crippen molar-refractivity contribution in [2.24, 2.45) is 5.92 Å². The minimum Gasteiger partial charge on any atom is -0.463 e. The highest BCUT2D eigenvalue weighted by atomic mass is 16.6. The molecule has 0 spiro atoms. The summed E-state index contributed by atoms with van der Waals surface area (Å²) in [5.74, 6) is 0.285. The third-order valence-electron chi connectivity index (χ3n) is 10.8. The molecular weight excluding hydrogens is 673 g/mol. The molecule has 3 unspecified atom stereocenters. The van der Waals surface area contributed by atoms with E-state index in [0.29, 0.717) is 31.5 Å². The molecule has 0 aliphatic carbocycles. The van der Waals surface area contributed by atoms with Gasteiger partial charge in [0, 0.05) is 12.8 Å². The zero-order valence-electron chi connectivity index (χ0n) is 35.6. The van der Waals surface area contributed by atoms with E-state index >= 15 is 0 Å². The van der Waals surface area contributed by atoms with Gasteiger partial charge in [-0.25, -0.2) is 0 Å². The highest BCUT2D eigenvalue weighted by Crippen LogP contribution is 2.29. The monoisotopic (exact) mass is 759 g/mol. The van der Waals surface area contributed by atoms with E-state index in [1.54, 1.807) is 0 Å². The average Bonchev–Trinajstić information content (AvgIpc) is 3.93. The molecule has 1 saturated heterocycles. The Balaban J connectivity index is 1.81. The normalized spacial score (nSPS) is 16.8. The molecule has 1 rings (SSSR count). The van der Waals surface area contributed by atoms with E-state index in [1.165, 1.54) is 135 Å². The standard InChI is InChI=1S/C48H86O6/c1-4-6-7-8-27-32-37-45-46(54-45)38-33-28-23-21-25-30-35-40-48(51)53-42-44(49)41-52-47(50)39-34-29-24-20-18-16-14-12-10-9-11-13-15-17-19-22-26-31-36-43(3)5-2/h21,25,27-28,32-33,43-46,49H,4-20,22-24,26,29-31,34-42H2,1-3H3/b25-21-,32-27-,33-28-/t43?,44-,45?,46?/m1/s1. The molecular formula is C48H86O6. The Morgan fingerprint density at radius 3 is 1.50 bits per heavy atom. The van der Waals surface area contributed by atoms with E-state index in [0.717, 1.165) is 50.9 Å². The molecule has 4 atom stereocenters. The van der Waals surface area contributed by atoms with E-state index in [4.69, 9.17) is 14.2 Å². The molecule has 0 saturated carbocycles. The third-order valence-corrected chi connectivity index (χ3v) is 10.8. The second-order valence-corrected chi connectivity index (χ2v) is 16.2. The second-order valence-electron chi connectivity index (χ2n) is 16.2. The Hall–Kier alpha value is -1.92. The SMILES string of the molecule is CCCCC/C=C\CC1OC1C/C=C\C/C=C\CCCC(=O)OC[C@H](O)COC(=O)CCCCCCCCCCCCCCCCCCCCC(C)CC. The lowest BCUT2D eigenvalue weighted by atomic mass is 9.99. The number of rotatable bonds is 40. The van der Waals surface area contributed by atoms with E-state index < -0.39 is 6.10 Å².